The van der Waals surface area contributed by atoms with E-state index in [-0.39, 0.29) is 6.04 Å². The van der Waals surface area contributed by atoms with Gasteiger partial charge in [0.1, 0.15) is 5.76 Å². The number of H-pyrrole nitrogens is 1. The summed E-state index contributed by atoms with van der Waals surface area (Å²) in [5.74, 6) is 2.15. The standard InChI is InChI=1S/C13H16N4O/c14-8-3-5-17(7-8)13-10-1-2-11-9(4-6-18-11)12(10)15-16-13/h4,6,8H,1-3,5,7,14H2,(H,15,16). The number of aromatic amines is 1. The summed E-state index contributed by atoms with van der Waals surface area (Å²) < 4.78 is 5.48. The van der Waals surface area contributed by atoms with Gasteiger partial charge in [-0.2, -0.15) is 5.10 Å². The Hall–Kier alpha value is -1.75. The molecule has 2 aromatic rings. The molecule has 1 saturated heterocycles. The Morgan fingerprint density at radius 1 is 1.44 bits per heavy atom. The first-order valence-electron chi connectivity index (χ1n) is 6.47. The molecule has 94 valence electrons. The highest BCUT2D eigenvalue weighted by atomic mass is 16.3. The predicted octanol–water partition coefficient (Wildman–Crippen LogP) is 1.31. The van der Waals surface area contributed by atoms with Crippen LogP contribution in [0.3, 0.4) is 0 Å². The monoisotopic (exact) mass is 244 g/mol. The number of nitrogens with two attached hydrogens (primary N) is 1. The number of fused-ring (bicyclic) bond motifs is 3. The fourth-order valence-corrected chi connectivity index (χ4v) is 3.05. The van der Waals surface area contributed by atoms with E-state index < -0.39 is 0 Å². The summed E-state index contributed by atoms with van der Waals surface area (Å²) in [5.41, 5.74) is 9.58. The van der Waals surface area contributed by atoms with E-state index in [2.05, 4.69) is 15.1 Å². The molecule has 1 aliphatic heterocycles. The van der Waals surface area contributed by atoms with Crippen LogP contribution in [0.25, 0.3) is 11.3 Å². The lowest BCUT2D eigenvalue weighted by atomic mass is 9.96. The van der Waals surface area contributed by atoms with Crippen LogP contribution >= 0.6 is 0 Å². The van der Waals surface area contributed by atoms with Crippen molar-refractivity contribution in [2.24, 2.45) is 5.73 Å². The van der Waals surface area contributed by atoms with Gasteiger partial charge in [-0.25, -0.2) is 0 Å². The molecular weight excluding hydrogens is 228 g/mol. The predicted molar refractivity (Wildman–Crippen MR) is 68.5 cm³/mol. The molecule has 18 heavy (non-hydrogen) atoms. The number of nitrogens with zero attached hydrogens (tertiary/aromatic N) is 2. The minimum atomic E-state index is 0.283. The van der Waals surface area contributed by atoms with Crippen LogP contribution in [0, 0.1) is 0 Å². The van der Waals surface area contributed by atoms with Gasteiger partial charge in [0, 0.05) is 36.7 Å². The minimum Gasteiger partial charge on any atom is -0.469 e. The van der Waals surface area contributed by atoms with E-state index in [0.717, 1.165) is 49.6 Å². The van der Waals surface area contributed by atoms with Gasteiger partial charge in [0.25, 0.3) is 0 Å². The van der Waals surface area contributed by atoms with Gasteiger partial charge in [-0.05, 0) is 18.9 Å². The number of aromatic nitrogens is 2. The highest BCUT2D eigenvalue weighted by Crippen LogP contribution is 2.37. The molecule has 0 aromatic carbocycles. The molecule has 0 amide bonds. The smallest absolute Gasteiger partial charge is 0.154 e. The first-order valence-corrected chi connectivity index (χ1v) is 6.47. The molecule has 1 unspecified atom stereocenters. The van der Waals surface area contributed by atoms with E-state index in [1.165, 1.54) is 11.1 Å². The van der Waals surface area contributed by atoms with E-state index in [9.17, 15) is 0 Å². The maximum atomic E-state index is 5.97. The average Bonchev–Trinajstić information content (AvgIpc) is 3.03. The topological polar surface area (TPSA) is 71.1 Å². The van der Waals surface area contributed by atoms with Crippen molar-refractivity contribution in [3.8, 4) is 11.3 Å². The molecule has 5 nitrogen and oxygen atoms in total. The lowest BCUT2D eigenvalue weighted by Crippen LogP contribution is -2.27. The van der Waals surface area contributed by atoms with Crippen molar-refractivity contribution in [2.45, 2.75) is 25.3 Å². The molecule has 2 aliphatic rings. The van der Waals surface area contributed by atoms with Crippen molar-refractivity contribution in [1.82, 2.24) is 10.2 Å². The van der Waals surface area contributed by atoms with E-state index in [1.54, 1.807) is 6.26 Å². The van der Waals surface area contributed by atoms with Crippen LogP contribution in [0.1, 0.15) is 17.7 Å². The number of hydrogen-bond acceptors (Lipinski definition) is 4. The summed E-state index contributed by atoms with van der Waals surface area (Å²) in [5, 5.41) is 7.66. The van der Waals surface area contributed by atoms with E-state index >= 15 is 0 Å². The van der Waals surface area contributed by atoms with Crippen LogP contribution in [0.4, 0.5) is 5.82 Å². The third-order valence-corrected chi connectivity index (χ3v) is 3.99. The molecule has 0 saturated carbocycles. The van der Waals surface area contributed by atoms with Crippen LogP contribution in [-0.2, 0) is 12.8 Å². The van der Waals surface area contributed by atoms with Crippen molar-refractivity contribution in [3.05, 3.63) is 23.7 Å². The van der Waals surface area contributed by atoms with Gasteiger partial charge in [0.05, 0.1) is 12.0 Å². The number of rotatable bonds is 1. The summed E-state index contributed by atoms with van der Waals surface area (Å²) in [6, 6.07) is 2.30. The van der Waals surface area contributed by atoms with Gasteiger partial charge in [-0.1, -0.05) is 0 Å². The second-order valence-corrected chi connectivity index (χ2v) is 5.15. The number of furan rings is 1. The zero-order valence-corrected chi connectivity index (χ0v) is 10.1. The first-order chi connectivity index (χ1) is 8.83. The maximum absolute atomic E-state index is 5.97. The minimum absolute atomic E-state index is 0.283. The van der Waals surface area contributed by atoms with Crippen LogP contribution in [0.15, 0.2) is 16.7 Å². The second kappa shape index (κ2) is 3.62. The van der Waals surface area contributed by atoms with Gasteiger partial charge in [0.15, 0.2) is 5.82 Å². The molecular formula is C13H16N4O. The number of hydrogen-bond donors (Lipinski definition) is 2. The van der Waals surface area contributed by atoms with E-state index in [0.29, 0.717) is 0 Å². The number of anilines is 1. The summed E-state index contributed by atoms with van der Waals surface area (Å²) >= 11 is 0. The largest absolute Gasteiger partial charge is 0.469 e. The molecule has 1 atom stereocenters. The number of nitrogens with one attached hydrogen (secondary N) is 1. The Labute approximate surface area is 105 Å². The molecule has 3 heterocycles. The lowest BCUT2D eigenvalue weighted by Gasteiger charge is -2.18. The molecule has 0 spiro atoms. The fourth-order valence-electron chi connectivity index (χ4n) is 3.05. The van der Waals surface area contributed by atoms with Crippen molar-refractivity contribution in [1.29, 1.82) is 0 Å². The van der Waals surface area contributed by atoms with Crippen LogP contribution < -0.4 is 10.6 Å². The molecule has 0 radical (unpaired) electrons. The van der Waals surface area contributed by atoms with Gasteiger partial charge in [0.2, 0.25) is 0 Å². The van der Waals surface area contributed by atoms with Crippen molar-refractivity contribution < 1.29 is 4.42 Å². The Morgan fingerprint density at radius 3 is 3.22 bits per heavy atom. The molecule has 4 rings (SSSR count). The van der Waals surface area contributed by atoms with Crippen molar-refractivity contribution in [3.63, 3.8) is 0 Å². The number of aryl methyl sites for hydroxylation is 1. The quantitative estimate of drug-likeness (QED) is 0.793. The molecule has 5 heteroatoms. The third kappa shape index (κ3) is 1.34. The summed E-state index contributed by atoms with van der Waals surface area (Å²) in [4.78, 5) is 2.30. The molecule has 1 aliphatic carbocycles. The molecule has 0 bridgehead atoms. The highest BCUT2D eigenvalue weighted by molar-refractivity contribution is 5.73. The second-order valence-electron chi connectivity index (χ2n) is 5.15. The Bertz CT molecular complexity index is 586. The average molecular weight is 244 g/mol. The maximum Gasteiger partial charge on any atom is 0.154 e. The Morgan fingerprint density at radius 2 is 2.39 bits per heavy atom. The first kappa shape index (κ1) is 10.2. The van der Waals surface area contributed by atoms with Crippen LogP contribution in [0.5, 0.6) is 0 Å². The Balaban J connectivity index is 1.77. The SMILES string of the molecule is NC1CCN(c2n[nH]c3c2CCc2occc2-3)C1. The summed E-state index contributed by atoms with van der Waals surface area (Å²) in [6.45, 7) is 1.92. The van der Waals surface area contributed by atoms with Gasteiger partial charge in [-0.15, -0.1) is 0 Å². The fraction of sp³-hybridized carbons (Fsp3) is 0.462. The zero-order valence-electron chi connectivity index (χ0n) is 10.1. The van der Waals surface area contributed by atoms with Crippen molar-refractivity contribution in [2.75, 3.05) is 18.0 Å². The summed E-state index contributed by atoms with van der Waals surface area (Å²) in [6.07, 6.45) is 4.76. The van der Waals surface area contributed by atoms with Gasteiger partial charge >= 0.3 is 0 Å². The highest BCUT2D eigenvalue weighted by Gasteiger charge is 2.29. The Kier molecular flexibility index (Phi) is 2.05. The summed E-state index contributed by atoms with van der Waals surface area (Å²) in [7, 11) is 0. The van der Waals surface area contributed by atoms with Crippen LogP contribution in [-0.4, -0.2) is 29.3 Å². The third-order valence-electron chi connectivity index (χ3n) is 3.99. The van der Waals surface area contributed by atoms with E-state index in [4.69, 9.17) is 10.2 Å². The van der Waals surface area contributed by atoms with Crippen molar-refractivity contribution >= 4 is 5.82 Å². The van der Waals surface area contributed by atoms with Gasteiger partial charge < -0.3 is 15.1 Å². The van der Waals surface area contributed by atoms with E-state index in [1.807, 2.05) is 6.07 Å². The molecule has 2 aromatic heterocycles. The zero-order chi connectivity index (χ0) is 12.1. The molecule has 1 fully saturated rings. The normalized spacial score (nSPS) is 22.1. The van der Waals surface area contributed by atoms with Gasteiger partial charge in [-0.3, -0.25) is 5.10 Å². The van der Waals surface area contributed by atoms with Crippen LogP contribution in [0.2, 0.25) is 0 Å². The molecule has 3 N–H and O–H groups in total. The lowest BCUT2D eigenvalue weighted by molar-refractivity contribution is 0.507.